The summed E-state index contributed by atoms with van der Waals surface area (Å²) in [6, 6.07) is 14.2. The van der Waals surface area contributed by atoms with Gasteiger partial charge in [-0.3, -0.25) is 9.59 Å². The van der Waals surface area contributed by atoms with Gasteiger partial charge in [0.1, 0.15) is 0 Å². The van der Waals surface area contributed by atoms with Crippen molar-refractivity contribution in [1.82, 2.24) is 5.43 Å². The first kappa shape index (κ1) is 26.6. The molecule has 0 heterocycles. The normalized spacial score (nSPS) is 11.3. The molecule has 0 spiro atoms. The maximum atomic E-state index is 12.8. The second-order valence-corrected chi connectivity index (χ2v) is 7.92. The number of amides is 2. The molecule has 0 aliphatic rings. The highest BCUT2D eigenvalue weighted by molar-refractivity contribution is 6.32. The van der Waals surface area contributed by atoms with Crippen LogP contribution in [0.15, 0.2) is 65.8 Å². The molecule has 36 heavy (non-hydrogen) atoms. The third-order valence-corrected chi connectivity index (χ3v) is 5.05. The lowest BCUT2D eigenvalue weighted by atomic mass is 10.1. The number of alkyl halides is 3. The summed E-state index contributed by atoms with van der Waals surface area (Å²) in [6.45, 7) is 1.60. The number of anilines is 1. The zero-order chi connectivity index (χ0) is 26.3. The zero-order valence-electron chi connectivity index (χ0n) is 19.2. The molecular weight excluding hydrogens is 499 g/mol. The number of carbonyl (C=O) groups is 2. The van der Waals surface area contributed by atoms with E-state index >= 15 is 0 Å². The van der Waals surface area contributed by atoms with E-state index in [1.54, 1.807) is 12.1 Å². The predicted octanol–water partition coefficient (Wildman–Crippen LogP) is 5.46. The number of nitrogens with zero attached hydrogens (tertiary/aromatic N) is 1. The number of hydrazone groups is 1. The molecule has 0 fully saturated rings. The van der Waals surface area contributed by atoms with Crippen LogP contribution in [0.25, 0.3) is 0 Å². The van der Waals surface area contributed by atoms with Crippen LogP contribution < -0.4 is 20.2 Å². The monoisotopic (exact) mass is 519 g/mol. The summed E-state index contributed by atoms with van der Waals surface area (Å²) < 4.78 is 49.3. The number of methoxy groups -OCH3 is 1. The maximum absolute atomic E-state index is 12.8. The Kier molecular flexibility index (Phi) is 8.55. The Morgan fingerprint density at radius 1 is 1.08 bits per heavy atom. The number of hydrogen-bond donors (Lipinski definition) is 2. The summed E-state index contributed by atoms with van der Waals surface area (Å²) in [5, 5.41) is 6.57. The van der Waals surface area contributed by atoms with Crippen LogP contribution in [0.5, 0.6) is 11.5 Å². The van der Waals surface area contributed by atoms with Gasteiger partial charge in [0.15, 0.2) is 18.1 Å². The van der Waals surface area contributed by atoms with Gasteiger partial charge in [0.2, 0.25) is 0 Å². The van der Waals surface area contributed by atoms with Gasteiger partial charge < -0.3 is 14.8 Å². The number of benzene rings is 3. The number of rotatable bonds is 8. The second-order valence-electron chi connectivity index (χ2n) is 7.51. The number of hydrogen-bond acceptors (Lipinski definition) is 5. The lowest BCUT2D eigenvalue weighted by molar-refractivity contribution is -0.137. The Hall–Kier alpha value is -4.05. The minimum absolute atomic E-state index is 0.114. The topological polar surface area (TPSA) is 89.0 Å². The summed E-state index contributed by atoms with van der Waals surface area (Å²) in [6.07, 6.45) is -3.34. The van der Waals surface area contributed by atoms with Crippen LogP contribution in [-0.4, -0.2) is 31.7 Å². The molecule has 0 aromatic heterocycles. The fourth-order valence-corrected chi connectivity index (χ4v) is 3.27. The highest BCUT2D eigenvalue weighted by Crippen LogP contribution is 2.36. The molecule has 0 aliphatic carbocycles. The molecular formula is C25H21ClF3N3O4. The van der Waals surface area contributed by atoms with Gasteiger partial charge in [-0.05, 0) is 55.0 Å². The SMILES string of the molecule is COc1cc(/C=N\NC(=O)c2cccc(C(F)(F)F)c2)cc(Cl)c1OCC(=O)Nc1ccc(C)cc1. The Bertz CT molecular complexity index is 1280. The number of halogens is 4. The standard InChI is InChI=1S/C25H21ClF3N3O4/c1-15-6-8-19(9-7-15)31-22(33)14-36-23-20(26)10-16(11-21(23)35-2)13-30-32-24(34)17-4-3-5-18(12-17)25(27,28)29/h3-13H,14H2,1-2H3,(H,31,33)(H,32,34)/b30-13-. The Morgan fingerprint density at radius 3 is 2.47 bits per heavy atom. The van der Waals surface area contributed by atoms with E-state index in [0.717, 1.165) is 23.8 Å². The second kappa shape index (κ2) is 11.6. The van der Waals surface area contributed by atoms with Crippen molar-refractivity contribution in [3.05, 3.63) is 87.9 Å². The molecule has 0 bridgehead atoms. The van der Waals surface area contributed by atoms with E-state index in [9.17, 15) is 22.8 Å². The van der Waals surface area contributed by atoms with Gasteiger partial charge in [-0.15, -0.1) is 0 Å². The van der Waals surface area contributed by atoms with Crippen molar-refractivity contribution in [2.24, 2.45) is 5.10 Å². The average molecular weight is 520 g/mol. The van der Waals surface area contributed by atoms with E-state index in [-0.39, 0.29) is 28.7 Å². The van der Waals surface area contributed by atoms with Crippen molar-refractivity contribution < 1.29 is 32.2 Å². The number of ether oxygens (including phenoxy) is 2. The molecule has 3 aromatic rings. The van der Waals surface area contributed by atoms with Crippen LogP contribution >= 0.6 is 11.6 Å². The third-order valence-electron chi connectivity index (χ3n) is 4.77. The van der Waals surface area contributed by atoms with Gasteiger partial charge >= 0.3 is 6.18 Å². The molecule has 0 saturated heterocycles. The smallest absolute Gasteiger partial charge is 0.416 e. The minimum Gasteiger partial charge on any atom is -0.493 e. The lowest BCUT2D eigenvalue weighted by Crippen LogP contribution is -2.20. The fraction of sp³-hybridized carbons (Fsp3) is 0.160. The molecule has 7 nitrogen and oxygen atoms in total. The van der Waals surface area contributed by atoms with E-state index in [1.807, 2.05) is 19.1 Å². The van der Waals surface area contributed by atoms with Crippen LogP contribution in [0.1, 0.15) is 27.0 Å². The minimum atomic E-state index is -4.57. The largest absolute Gasteiger partial charge is 0.493 e. The molecule has 0 atom stereocenters. The Morgan fingerprint density at radius 2 is 1.81 bits per heavy atom. The first-order valence-electron chi connectivity index (χ1n) is 10.4. The van der Waals surface area contributed by atoms with Gasteiger partial charge in [-0.2, -0.15) is 18.3 Å². The fourth-order valence-electron chi connectivity index (χ4n) is 2.99. The van der Waals surface area contributed by atoms with Crippen molar-refractivity contribution in [3.8, 4) is 11.5 Å². The first-order valence-corrected chi connectivity index (χ1v) is 10.8. The van der Waals surface area contributed by atoms with Gasteiger partial charge in [-0.1, -0.05) is 35.4 Å². The molecule has 2 amide bonds. The Labute approximate surface area is 209 Å². The van der Waals surface area contributed by atoms with Gasteiger partial charge in [0.05, 0.1) is 23.9 Å². The molecule has 3 aromatic carbocycles. The van der Waals surface area contributed by atoms with E-state index in [2.05, 4.69) is 15.8 Å². The van der Waals surface area contributed by atoms with Crippen LogP contribution in [0.2, 0.25) is 5.02 Å². The zero-order valence-corrected chi connectivity index (χ0v) is 19.9. The quantitative estimate of drug-likeness (QED) is 0.306. The van der Waals surface area contributed by atoms with E-state index in [1.165, 1.54) is 31.5 Å². The summed E-state index contributed by atoms with van der Waals surface area (Å²) >= 11 is 6.28. The highest BCUT2D eigenvalue weighted by atomic mass is 35.5. The van der Waals surface area contributed by atoms with Crippen molar-refractivity contribution >= 4 is 35.3 Å². The van der Waals surface area contributed by atoms with Crippen LogP contribution in [0.3, 0.4) is 0 Å². The third kappa shape index (κ3) is 7.22. The molecule has 11 heteroatoms. The summed E-state index contributed by atoms with van der Waals surface area (Å²) in [4.78, 5) is 24.4. The van der Waals surface area contributed by atoms with E-state index < -0.39 is 23.6 Å². The highest BCUT2D eigenvalue weighted by Gasteiger charge is 2.30. The van der Waals surface area contributed by atoms with Crippen molar-refractivity contribution in [1.29, 1.82) is 0 Å². The number of aryl methyl sites for hydroxylation is 1. The number of nitrogens with one attached hydrogen (secondary N) is 2. The molecule has 188 valence electrons. The van der Waals surface area contributed by atoms with Crippen LogP contribution in [-0.2, 0) is 11.0 Å². The molecule has 3 rings (SSSR count). The van der Waals surface area contributed by atoms with Gasteiger partial charge in [-0.25, -0.2) is 5.43 Å². The molecule has 0 saturated carbocycles. The van der Waals surface area contributed by atoms with E-state index in [4.69, 9.17) is 21.1 Å². The van der Waals surface area contributed by atoms with Crippen molar-refractivity contribution in [2.45, 2.75) is 13.1 Å². The van der Waals surface area contributed by atoms with Gasteiger partial charge in [0, 0.05) is 11.3 Å². The van der Waals surface area contributed by atoms with Crippen molar-refractivity contribution in [3.63, 3.8) is 0 Å². The Balaban J connectivity index is 1.63. The lowest BCUT2D eigenvalue weighted by Gasteiger charge is -2.13. The average Bonchev–Trinajstić information content (AvgIpc) is 2.84. The molecule has 0 aliphatic heterocycles. The molecule has 0 radical (unpaired) electrons. The summed E-state index contributed by atoms with van der Waals surface area (Å²) in [5.74, 6) is -0.894. The predicted molar refractivity (Wildman–Crippen MR) is 130 cm³/mol. The molecule has 2 N–H and O–H groups in total. The maximum Gasteiger partial charge on any atom is 0.416 e. The van der Waals surface area contributed by atoms with Crippen LogP contribution in [0.4, 0.5) is 18.9 Å². The van der Waals surface area contributed by atoms with E-state index in [0.29, 0.717) is 11.3 Å². The number of carbonyl (C=O) groups excluding carboxylic acids is 2. The summed E-state index contributed by atoms with van der Waals surface area (Å²) in [5.41, 5.74) is 3.08. The van der Waals surface area contributed by atoms with Crippen LogP contribution in [0, 0.1) is 6.92 Å². The molecule has 0 unspecified atom stereocenters. The summed E-state index contributed by atoms with van der Waals surface area (Å²) in [7, 11) is 1.38. The van der Waals surface area contributed by atoms with Crippen molar-refractivity contribution in [2.75, 3.05) is 19.0 Å². The van der Waals surface area contributed by atoms with Gasteiger partial charge in [0.25, 0.3) is 11.8 Å². The first-order chi connectivity index (χ1) is 17.1.